The van der Waals surface area contributed by atoms with E-state index < -0.39 is 17.8 Å². The standard InChI is InChI=1S/C26H32N6O5/c1-16-7-6-10-30(16)22-13-17-18(19(28-22)14-27-24(34)37-26(2,3)4)15-32(23(17)33)21-9-5-8-20(29-21)31-11-12-36-25(31)35/h5,8-9,13,16H,6-7,10-12,14-15H2,1-4H3,(H,27,34). The van der Waals surface area contributed by atoms with Gasteiger partial charge in [0.25, 0.3) is 5.91 Å². The number of rotatable bonds is 5. The number of nitrogens with one attached hydrogen (secondary N) is 1. The number of carbonyl (C=O) groups is 3. The molecule has 2 saturated heterocycles. The summed E-state index contributed by atoms with van der Waals surface area (Å²) in [6.07, 6.45) is 1.11. The Balaban J connectivity index is 1.45. The molecule has 3 aliphatic rings. The molecular formula is C26H32N6O5. The van der Waals surface area contributed by atoms with Crippen molar-refractivity contribution in [1.82, 2.24) is 15.3 Å². The third-order valence-electron chi connectivity index (χ3n) is 6.67. The molecule has 196 valence electrons. The summed E-state index contributed by atoms with van der Waals surface area (Å²) in [4.78, 5) is 52.7. The highest BCUT2D eigenvalue weighted by Crippen LogP contribution is 2.34. The van der Waals surface area contributed by atoms with Gasteiger partial charge in [0.1, 0.15) is 29.7 Å². The van der Waals surface area contributed by atoms with E-state index in [4.69, 9.17) is 14.5 Å². The fraction of sp³-hybridized carbons (Fsp3) is 0.500. The number of carbonyl (C=O) groups excluding carboxylic acids is 3. The number of aromatic nitrogens is 2. The zero-order valence-electron chi connectivity index (χ0n) is 21.6. The number of hydrogen-bond donors (Lipinski definition) is 1. The maximum absolute atomic E-state index is 13.6. The first kappa shape index (κ1) is 24.8. The molecule has 1 atom stereocenters. The normalized spacial score (nSPS) is 19.4. The van der Waals surface area contributed by atoms with Crippen LogP contribution in [0.25, 0.3) is 0 Å². The van der Waals surface area contributed by atoms with Crippen molar-refractivity contribution in [2.45, 2.75) is 65.3 Å². The van der Waals surface area contributed by atoms with Crippen LogP contribution in [0.2, 0.25) is 0 Å². The Kier molecular flexibility index (Phi) is 6.38. The summed E-state index contributed by atoms with van der Waals surface area (Å²) in [5.41, 5.74) is 1.27. The first-order chi connectivity index (χ1) is 17.6. The summed E-state index contributed by atoms with van der Waals surface area (Å²) < 4.78 is 10.4. The predicted molar refractivity (Wildman–Crippen MR) is 137 cm³/mol. The molecule has 0 aromatic carbocycles. The van der Waals surface area contributed by atoms with Crippen molar-refractivity contribution >= 4 is 35.5 Å². The van der Waals surface area contributed by atoms with E-state index in [0.717, 1.165) is 30.8 Å². The van der Waals surface area contributed by atoms with E-state index in [1.807, 2.05) is 6.07 Å². The second kappa shape index (κ2) is 9.53. The predicted octanol–water partition coefficient (Wildman–Crippen LogP) is 3.61. The van der Waals surface area contributed by atoms with Crippen LogP contribution < -0.4 is 20.0 Å². The number of pyridine rings is 2. The maximum atomic E-state index is 13.6. The maximum Gasteiger partial charge on any atom is 0.415 e. The second-order valence-corrected chi connectivity index (χ2v) is 10.5. The molecule has 2 fully saturated rings. The Morgan fingerprint density at radius 3 is 2.54 bits per heavy atom. The summed E-state index contributed by atoms with van der Waals surface area (Å²) >= 11 is 0. The Morgan fingerprint density at radius 2 is 1.89 bits per heavy atom. The van der Waals surface area contributed by atoms with E-state index in [1.54, 1.807) is 43.9 Å². The molecule has 3 aliphatic heterocycles. The molecule has 0 spiro atoms. The molecule has 5 rings (SSSR count). The summed E-state index contributed by atoms with van der Waals surface area (Å²) in [6, 6.07) is 7.37. The van der Waals surface area contributed by atoms with Crippen molar-refractivity contribution in [3.63, 3.8) is 0 Å². The Morgan fingerprint density at radius 1 is 1.14 bits per heavy atom. The van der Waals surface area contributed by atoms with Crippen LogP contribution in [-0.2, 0) is 22.6 Å². The third-order valence-corrected chi connectivity index (χ3v) is 6.67. The van der Waals surface area contributed by atoms with Gasteiger partial charge in [0, 0.05) is 18.2 Å². The van der Waals surface area contributed by atoms with Crippen LogP contribution in [-0.4, -0.2) is 59.4 Å². The van der Waals surface area contributed by atoms with Crippen LogP contribution in [0.4, 0.5) is 27.0 Å². The van der Waals surface area contributed by atoms with E-state index in [2.05, 4.69) is 22.1 Å². The topological polar surface area (TPSA) is 117 Å². The number of amides is 3. The lowest BCUT2D eigenvalue weighted by molar-refractivity contribution is 0.0522. The molecule has 2 aromatic rings. The minimum atomic E-state index is -0.627. The Bertz CT molecular complexity index is 1240. The molecule has 0 bridgehead atoms. The molecule has 0 radical (unpaired) electrons. The van der Waals surface area contributed by atoms with Gasteiger partial charge in [-0.3, -0.25) is 14.6 Å². The van der Waals surface area contributed by atoms with Crippen LogP contribution >= 0.6 is 0 Å². The van der Waals surface area contributed by atoms with Crippen molar-refractivity contribution in [3.8, 4) is 0 Å². The summed E-state index contributed by atoms with van der Waals surface area (Å²) in [5.74, 6) is 1.39. The second-order valence-electron chi connectivity index (χ2n) is 10.5. The van der Waals surface area contributed by atoms with Gasteiger partial charge in [0.15, 0.2) is 0 Å². The van der Waals surface area contributed by atoms with Crippen LogP contribution in [0.5, 0.6) is 0 Å². The van der Waals surface area contributed by atoms with E-state index in [1.165, 1.54) is 4.90 Å². The first-order valence-corrected chi connectivity index (χ1v) is 12.6. The average Bonchev–Trinajstić information content (AvgIpc) is 3.55. The van der Waals surface area contributed by atoms with E-state index in [-0.39, 0.29) is 19.0 Å². The Labute approximate surface area is 215 Å². The minimum Gasteiger partial charge on any atom is -0.447 e. The molecule has 37 heavy (non-hydrogen) atoms. The lowest BCUT2D eigenvalue weighted by atomic mass is 10.1. The van der Waals surface area contributed by atoms with Crippen molar-refractivity contribution in [3.05, 3.63) is 41.1 Å². The van der Waals surface area contributed by atoms with Gasteiger partial charge in [0.05, 0.1) is 30.9 Å². The van der Waals surface area contributed by atoms with Crippen molar-refractivity contribution < 1.29 is 23.9 Å². The number of anilines is 3. The van der Waals surface area contributed by atoms with Crippen molar-refractivity contribution in [1.29, 1.82) is 0 Å². The van der Waals surface area contributed by atoms with Gasteiger partial charge in [0.2, 0.25) is 0 Å². The number of cyclic esters (lactones) is 1. The smallest absolute Gasteiger partial charge is 0.415 e. The van der Waals surface area contributed by atoms with Crippen molar-refractivity contribution in [2.24, 2.45) is 0 Å². The van der Waals surface area contributed by atoms with Gasteiger partial charge in [-0.2, -0.15) is 0 Å². The zero-order valence-corrected chi connectivity index (χ0v) is 21.6. The molecule has 11 heteroatoms. The monoisotopic (exact) mass is 508 g/mol. The van der Waals surface area contributed by atoms with Crippen LogP contribution in [0.3, 0.4) is 0 Å². The summed E-state index contributed by atoms with van der Waals surface area (Å²) in [5, 5.41) is 2.79. The summed E-state index contributed by atoms with van der Waals surface area (Å²) in [7, 11) is 0. The van der Waals surface area contributed by atoms with Gasteiger partial charge < -0.3 is 19.7 Å². The quantitative estimate of drug-likeness (QED) is 0.651. The van der Waals surface area contributed by atoms with Gasteiger partial charge in [-0.05, 0) is 58.7 Å². The molecule has 0 saturated carbocycles. The largest absolute Gasteiger partial charge is 0.447 e. The molecule has 1 unspecified atom stereocenters. The Hall–Kier alpha value is -3.89. The van der Waals surface area contributed by atoms with Crippen LogP contribution in [0, 0.1) is 0 Å². The zero-order chi connectivity index (χ0) is 26.3. The minimum absolute atomic E-state index is 0.127. The number of fused-ring (bicyclic) bond motifs is 1. The number of alkyl carbamates (subject to hydrolysis) is 1. The number of hydrogen-bond acceptors (Lipinski definition) is 8. The third kappa shape index (κ3) is 5.03. The molecular weight excluding hydrogens is 476 g/mol. The average molecular weight is 509 g/mol. The fourth-order valence-electron chi connectivity index (χ4n) is 4.89. The first-order valence-electron chi connectivity index (χ1n) is 12.6. The lowest BCUT2D eigenvalue weighted by Crippen LogP contribution is -2.33. The number of nitrogens with zero attached hydrogens (tertiary/aromatic N) is 5. The van der Waals surface area contributed by atoms with Gasteiger partial charge in [-0.1, -0.05) is 6.07 Å². The van der Waals surface area contributed by atoms with Gasteiger partial charge in [-0.15, -0.1) is 0 Å². The number of ether oxygens (including phenoxy) is 2. The van der Waals surface area contributed by atoms with E-state index >= 15 is 0 Å². The molecule has 3 amide bonds. The van der Waals surface area contributed by atoms with Crippen LogP contribution in [0.1, 0.15) is 62.2 Å². The van der Waals surface area contributed by atoms with E-state index in [0.29, 0.717) is 42.1 Å². The lowest BCUT2D eigenvalue weighted by Gasteiger charge is -2.24. The van der Waals surface area contributed by atoms with Gasteiger partial charge >= 0.3 is 12.2 Å². The summed E-state index contributed by atoms with van der Waals surface area (Å²) in [6.45, 7) is 9.51. The molecule has 11 nitrogen and oxygen atoms in total. The highest BCUT2D eigenvalue weighted by Gasteiger charge is 2.35. The molecule has 2 aromatic heterocycles. The molecule has 5 heterocycles. The molecule has 1 N–H and O–H groups in total. The molecule has 0 aliphatic carbocycles. The fourth-order valence-corrected chi connectivity index (χ4v) is 4.89. The van der Waals surface area contributed by atoms with Gasteiger partial charge in [-0.25, -0.2) is 19.6 Å². The highest BCUT2D eigenvalue weighted by molar-refractivity contribution is 6.10. The van der Waals surface area contributed by atoms with E-state index in [9.17, 15) is 14.4 Å². The SMILES string of the molecule is CC1CCCN1c1cc2c(c(CNC(=O)OC(C)(C)C)n1)CN(c1cccc(N3CCOC3=O)n1)C2=O. The van der Waals surface area contributed by atoms with Crippen molar-refractivity contribution in [2.75, 3.05) is 34.4 Å². The van der Waals surface area contributed by atoms with Crippen LogP contribution in [0.15, 0.2) is 24.3 Å². The highest BCUT2D eigenvalue weighted by atomic mass is 16.6.